The normalized spacial score (nSPS) is 14.0. The Morgan fingerprint density at radius 2 is 1.18 bits per heavy atom. The lowest BCUT2D eigenvalue weighted by Crippen LogP contribution is -2.08. The molecule has 1 aliphatic carbocycles. The Hall–Kier alpha value is -7.43. The van der Waals surface area contributed by atoms with E-state index in [-0.39, 0.29) is 5.92 Å². The third-order valence-electron chi connectivity index (χ3n) is 11.9. The van der Waals surface area contributed by atoms with Crippen LogP contribution < -0.4 is 0 Å². The monoisotopic (exact) mass is 729 g/mol. The molecule has 0 spiro atoms. The van der Waals surface area contributed by atoms with Crippen molar-refractivity contribution in [3.63, 3.8) is 0 Å². The first-order valence-electron chi connectivity index (χ1n) is 19.6. The molecule has 57 heavy (non-hydrogen) atoms. The Labute approximate surface area is 329 Å². The molecule has 0 N–H and O–H groups in total. The van der Waals surface area contributed by atoms with Crippen LogP contribution in [-0.2, 0) is 6.42 Å². The lowest BCUT2D eigenvalue weighted by Gasteiger charge is -2.20. The van der Waals surface area contributed by atoms with E-state index in [4.69, 9.17) is 4.42 Å². The number of hydrogen-bond acceptors (Lipinski definition) is 2. The minimum atomic E-state index is 0.209. The number of para-hydroxylation sites is 3. The van der Waals surface area contributed by atoms with Gasteiger partial charge in [-0.25, -0.2) is 0 Å². The fourth-order valence-electron chi connectivity index (χ4n) is 9.29. The summed E-state index contributed by atoms with van der Waals surface area (Å²) in [6.07, 6.45) is 7.51. The highest BCUT2D eigenvalue weighted by molar-refractivity contribution is 6.09. The van der Waals surface area contributed by atoms with Crippen LogP contribution in [0.5, 0.6) is 0 Å². The van der Waals surface area contributed by atoms with Gasteiger partial charge in [0.05, 0.1) is 22.2 Å². The lowest BCUT2D eigenvalue weighted by atomic mass is 9.86. The third-order valence-corrected chi connectivity index (χ3v) is 11.9. The van der Waals surface area contributed by atoms with Gasteiger partial charge in [-0.1, -0.05) is 103 Å². The van der Waals surface area contributed by atoms with E-state index in [1.54, 1.807) is 0 Å². The fraction of sp³-hybridized carbons (Fsp3) is 0.0377. The standard InChI is InChI=1S/C53H35N3O/c1-4-19-48-41(15-1)42-16-2-5-20-49(42)55(48)39-14-10-12-35(30-39)37-23-26-51-45(32-37)44-31-36(34-11-9-13-38(29-34)47-18-7-8-28-54-47)22-25-50(44)56(51)40-24-27-53-46(33-40)43-17-3-6-21-52(43)57-53/h1-31,33,37H,32H2. The van der Waals surface area contributed by atoms with Gasteiger partial charge in [0.15, 0.2) is 0 Å². The minimum Gasteiger partial charge on any atom is -0.456 e. The molecular weight excluding hydrogens is 695 g/mol. The van der Waals surface area contributed by atoms with Crippen molar-refractivity contribution < 1.29 is 4.42 Å². The Kier molecular flexibility index (Phi) is 7.02. The Bertz CT molecular complexity index is 3340. The molecule has 0 aliphatic heterocycles. The van der Waals surface area contributed by atoms with Crippen LogP contribution >= 0.6 is 0 Å². The van der Waals surface area contributed by atoms with E-state index in [1.807, 2.05) is 30.5 Å². The fourth-order valence-corrected chi connectivity index (χ4v) is 9.29. The number of nitrogens with zero attached hydrogens (tertiary/aromatic N) is 3. The van der Waals surface area contributed by atoms with Crippen molar-refractivity contribution in [3.05, 3.63) is 205 Å². The lowest BCUT2D eigenvalue weighted by molar-refractivity contribution is 0.669. The van der Waals surface area contributed by atoms with Crippen LogP contribution in [0.3, 0.4) is 0 Å². The molecule has 4 heteroatoms. The zero-order chi connectivity index (χ0) is 37.5. The summed E-state index contributed by atoms with van der Waals surface area (Å²) in [5.41, 5.74) is 16.1. The molecule has 268 valence electrons. The average molecular weight is 730 g/mol. The first-order valence-corrected chi connectivity index (χ1v) is 19.6. The Balaban J connectivity index is 1.01. The van der Waals surface area contributed by atoms with Crippen molar-refractivity contribution >= 4 is 60.7 Å². The van der Waals surface area contributed by atoms with E-state index < -0.39 is 0 Å². The van der Waals surface area contributed by atoms with Crippen molar-refractivity contribution in [1.29, 1.82) is 0 Å². The number of furan rings is 1. The molecule has 0 fully saturated rings. The zero-order valence-corrected chi connectivity index (χ0v) is 31.0. The summed E-state index contributed by atoms with van der Waals surface area (Å²) in [4.78, 5) is 4.63. The molecule has 0 saturated carbocycles. The van der Waals surface area contributed by atoms with E-state index in [0.717, 1.165) is 45.3 Å². The maximum Gasteiger partial charge on any atom is 0.135 e. The molecule has 11 aromatic rings. The Morgan fingerprint density at radius 3 is 2.02 bits per heavy atom. The van der Waals surface area contributed by atoms with E-state index in [0.29, 0.717) is 0 Å². The third kappa shape index (κ3) is 5.04. The highest BCUT2D eigenvalue weighted by Crippen LogP contribution is 2.42. The summed E-state index contributed by atoms with van der Waals surface area (Å²) in [5, 5.41) is 6.08. The summed E-state index contributed by atoms with van der Waals surface area (Å²) >= 11 is 0. The van der Waals surface area contributed by atoms with Crippen molar-refractivity contribution in [2.45, 2.75) is 12.3 Å². The van der Waals surface area contributed by atoms with Crippen LogP contribution in [0.15, 0.2) is 193 Å². The smallest absolute Gasteiger partial charge is 0.135 e. The molecule has 1 aliphatic rings. The number of pyridine rings is 1. The molecule has 0 saturated heterocycles. The number of rotatable bonds is 5. The summed E-state index contributed by atoms with van der Waals surface area (Å²) in [5.74, 6) is 0.209. The van der Waals surface area contributed by atoms with Gasteiger partial charge >= 0.3 is 0 Å². The molecule has 0 radical (unpaired) electrons. The highest BCUT2D eigenvalue weighted by atomic mass is 16.3. The molecule has 4 nitrogen and oxygen atoms in total. The van der Waals surface area contributed by atoms with Crippen molar-refractivity contribution in [1.82, 2.24) is 14.1 Å². The van der Waals surface area contributed by atoms with Crippen LogP contribution in [0, 0.1) is 0 Å². The molecule has 0 bridgehead atoms. The molecule has 7 aromatic carbocycles. The molecule has 0 amide bonds. The van der Waals surface area contributed by atoms with Gasteiger partial charge < -0.3 is 13.6 Å². The highest BCUT2D eigenvalue weighted by Gasteiger charge is 2.25. The van der Waals surface area contributed by atoms with Gasteiger partial charge in [-0.2, -0.15) is 0 Å². The number of allylic oxidation sites excluding steroid dienone is 1. The first kappa shape index (κ1) is 31.9. The van der Waals surface area contributed by atoms with Crippen LogP contribution in [0.2, 0.25) is 0 Å². The molecular formula is C53H35N3O. The summed E-state index contributed by atoms with van der Waals surface area (Å²) in [7, 11) is 0. The topological polar surface area (TPSA) is 35.9 Å². The molecule has 4 heterocycles. The maximum absolute atomic E-state index is 6.25. The second-order valence-electron chi connectivity index (χ2n) is 15.1. The van der Waals surface area contributed by atoms with E-state index >= 15 is 0 Å². The molecule has 12 rings (SSSR count). The van der Waals surface area contributed by atoms with Crippen molar-refractivity contribution in [3.8, 4) is 33.8 Å². The summed E-state index contributed by atoms with van der Waals surface area (Å²) in [6.45, 7) is 0. The SMILES string of the molecule is C1=CC(c2cccc(-n3c4ccccc4c4ccccc43)c2)Cc2c1n(-c1ccc3oc4ccccc4c3c1)c1ccc(-c3cccc(-c4ccccn4)c3)cc21. The van der Waals surface area contributed by atoms with Crippen LogP contribution in [0.1, 0.15) is 22.7 Å². The van der Waals surface area contributed by atoms with Gasteiger partial charge in [-0.05, 0) is 114 Å². The second kappa shape index (κ2) is 12.6. The largest absolute Gasteiger partial charge is 0.456 e. The summed E-state index contributed by atoms with van der Waals surface area (Å²) < 4.78 is 11.1. The van der Waals surface area contributed by atoms with Crippen LogP contribution in [0.25, 0.3) is 94.5 Å². The second-order valence-corrected chi connectivity index (χ2v) is 15.1. The van der Waals surface area contributed by atoms with Crippen molar-refractivity contribution in [2.75, 3.05) is 0 Å². The number of fused-ring (bicyclic) bond motifs is 9. The summed E-state index contributed by atoms with van der Waals surface area (Å²) in [6, 6.07) is 63.3. The molecule has 1 atom stereocenters. The van der Waals surface area contributed by atoms with E-state index in [1.165, 1.54) is 66.3 Å². The van der Waals surface area contributed by atoms with Crippen LogP contribution in [0.4, 0.5) is 0 Å². The van der Waals surface area contributed by atoms with Gasteiger partial charge in [0.2, 0.25) is 0 Å². The van der Waals surface area contributed by atoms with E-state index in [2.05, 4.69) is 178 Å². The number of benzene rings is 7. The first-order chi connectivity index (χ1) is 28.2. The predicted molar refractivity (Wildman–Crippen MR) is 235 cm³/mol. The minimum absolute atomic E-state index is 0.209. The average Bonchev–Trinajstić information content (AvgIpc) is 3.94. The van der Waals surface area contributed by atoms with Gasteiger partial charge in [0, 0.05) is 61.7 Å². The van der Waals surface area contributed by atoms with Gasteiger partial charge in [-0.3, -0.25) is 4.98 Å². The van der Waals surface area contributed by atoms with Gasteiger partial charge in [0.25, 0.3) is 0 Å². The van der Waals surface area contributed by atoms with Gasteiger partial charge in [0.1, 0.15) is 11.2 Å². The predicted octanol–water partition coefficient (Wildman–Crippen LogP) is 13.7. The molecule has 1 unspecified atom stereocenters. The number of hydrogen-bond donors (Lipinski definition) is 0. The van der Waals surface area contributed by atoms with Crippen molar-refractivity contribution in [2.24, 2.45) is 0 Å². The molecule has 4 aromatic heterocycles. The zero-order valence-electron chi connectivity index (χ0n) is 31.0. The Morgan fingerprint density at radius 1 is 0.474 bits per heavy atom. The van der Waals surface area contributed by atoms with E-state index in [9.17, 15) is 0 Å². The van der Waals surface area contributed by atoms with Crippen LogP contribution in [-0.4, -0.2) is 14.1 Å². The maximum atomic E-state index is 6.25. The quantitative estimate of drug-likeness (QED) is 0.177. The van der Waals surface area contributed by atoms with Gasteiger partial charge in [-0.15, -0.1) is 0 Å². The number of aromatic nitrogens is 3.